The molecule has 2 aromatic carbocycles. The van der Waals surface area contributed by atoms with Gasteiger partial charge in [0.05, 0.1) is 12.4 Å². The molecule has 4 heteroatoms. The molecule has 0 aliphatic carbocycles. The maximum Gasteiger partial charge on any atom is 0.234 e. The Labute approximate surface area is 135 Å². The van der Waals surface area contributed by atoms with Gasteiger partial charge in [0.15, 0.2) is 0 Å². The number of carbonyl (C=O) groups is 1. The van der Waals surface area contributed by atoms with Gasteiger partial charge in [-0.15, -0.1) is 11.8 Å². The molecule has 0 radical (unpaired) electrons. The average molecular weight is 313 g/mol. The van der Waals surface area contributed by atoms with Crippen molar-refractivity contribution in [3.05, 3.63) is 65.7 Å². The lowest BCUT2D eigenvalue weighted by Crippen LogP contribution is -2.27. The standard InChI is InChI=1S/C18H19NO2S/c1-2-21-16-10-6-9-15(11-16)18-19(17(20)13-22-18)12-14-7-4-3-5-8-14/h3-11,18H,2,12-13H2,1H3. The highest BCUT2D eigenvalue weighted by Crippen LogP contribution is 2.40. The van der Waals surface area contributed by atoms with Gasteiger partial charge in [-0.2, -0.15) is 0 Å². The van der Waals surface area contributed by atoms with Gasteiger partial charge in [-0.3, -0.25) is 4.79 Å². The molecule has 0 spiro atoms. The predicted molar refractivity (Wildman–Crippen MR) is 89.8 cm³/mol. The highest BCUT2D eigenvalue weighted by atomic mass is 32.2. The van der Waals surface area contributed by atoms with Gasteiger partial charge in [-0.1, -0.05) is 42.5 Å². The van der Waals surface area contributed by atoms with Crippen LogP contribution in [0.15, 0.2) is 54.6 Å². The monoisotopic (exact) mass is 313 g/mol. The number of amides is 1. The number of benzene rings is 2. The van der Waals surface area contributed by atoms with Crippen molar-refractivity contribution in [1.29, 1.82) is 0 Å². The van der Waals surface area contributed by atoms with E-state index in [1.807, 2.05) is 48.2 Å². The van der Waals surface area contributed by atoms with E-state index in [2.05, 4.69) is 18.2 Å². The fourth-order valence-corrected chi connectivity index (χ4v) is 3.78. The first kappa shape index (κ1) is 15.0. The van der Waals surface area contributed by atoms with E-state index in [-0.39, 0.29) is 11.3 Å². The van der Waals surface area contributed by atoms with Crippen LogP contribution in [-0.4, -0.2) is 23.2 Å². The van der Waals surface area contributed by atoms with Crippen LogP contribution in [0.1, 0.15) is 23.4 Å². The van der Waals surface area contributed by atoms with Gasteiger partial charge in [0, 0.05) is 6.54 Å². The van der Waals surface area contributed by atoms with Gasteiger partial charge in [0.1, 0.15) is 11.1 Å². The zero-order valence-electron chi connectivity index (χ0n) is 12.6. The summed E-state index contributed by atoms with van der Waals surface area (Å²) in [5.74, 6) is 1.59. The molecule has 1 aliphatic heterocycles. The highest BCUT2D eigenvalue weighted by Gasteiger charge is 2.32. The van der Waals surface area contributed by atoms with Crippen LogP contribution in [0.25, 0.3) is 0 Å². The number of ether oxygens (including phenoxy) is 1. The Morgan fingerprint density at radius 1 is 1.18 bits per heavy atom. The van der Waals surface area contributed by atoms with E-state index in [0.29, 0.717) is 18.9 Å². The number of nitrogens with zero attached hydrogens (tertiary/aromatic N) is 1. The Hall–Kier alpha value is -1.94. The lowest BCUT2D eigenvalue weighted by molar-refractivity contribution is -0.128. The van der Waals surface area contributed by atoms with Crippen LogP contribution >= 0.6 is 11.8 Å². The zero-order chi connectivity index (χ0) is 15.4. The number of rotatable bonds is 5. The molecule has 2 aromatic rings. The highest BCUT2D eigenvalue weighted by molar-refractivity contribution is 8.00. The molecule has 1 atom stereocenters. The lowest BCUT2D eigenvalue weighted by Gasteiger charge is -2.24. The molecule has 0 saturated carbocycles. The summed E-state index contributed by atoms with van der Waals surface area (Å²) in [4.78, 5) is 14.2. The minimum Gasteiger partial charge on any atom is -0.494 e. The Balaban J connectivity index is 1.82. The number of hydrogen-bond donors (Lipinski definition) is 0. The second-order valence-corrected chi connectivity index (χ2v) is 6.24. The summed E-state index contributed by atoms with van der Waals surface area (Å²) >= 11 is 1.68. The van der Waals surface area contributed by atoms with Crippen molar-refractivity contribution in [1.82, 2.24) is 4.90 Å². The summed E-state index contributed by atoms with van der Waals surface area (Å²) in [6.45, 7) is 3.27. The average Bonchev–Trinajstić information content (AvgIpc) is 2.90. The van der Waals surface area contributed by atoms with Crippen molar-refractivity contribution < 1.29 is 9.53 Å². The summed E-state index contributed by atoms with van der Waals surface area (Å²) in [5.41, 5.74) is 2.28. The predicted octanol–water partition coefficient (Wildman–Crippen LogP) is 3.86. The minimum absolute atomic E-state index is 0.0631. The molecular weight excluding hydrogens is 294 g/mol. The van der Waals surface area contributed by atoms with Crippen LogP contribution in [0.3, 0.4) is 0 Å². The van der Waals surface area contributed by atoms with Crippen LogP contribution in [0.5, 0.6) is 5.75 Å². The normalized spacial score (nSPS) is 17.8. The topological polar surface area (TPSA) is 29.5 Å². The van der Waals surface area contributed by atoms with Gasteiger partial charge in [0.25, 0.3) is 0 Å². The maximum atomic E-state index is 12.2. The first-order valence-electron chi connectivity index (χ1n) is 7.45. The number of carbonyl (C=O) groups excluding carboxylic acids is 1. The van der Waals surface area contributed by atoms with Crippen molar-refractivity contribution in [2.45, 2.75) is 18.8 Å². The van der Waals surface area contributed by atoms with Crippen molar-refractivity contribution >= 4 is 17.7 Å². The van der Waals surface area contributed by atoms with E-state index in [9.17, 15) is 4.79 Å². The van der Waals surface area contributed by atoms with E-state index in [1.165, 1.54) is 0 Å². The van der Waals surface area contributed by atoms with Crippen LogP contribution in [-0.2, 0) is 11.3 Å². The number of thioether (sulfide) groups is 1. The van der Waals surface area contributed by atoms with Gasteiger partial charge < -0.3 is 9.64 Å². The molecule has 3 rings (SSSR count). The van der Waals surface area contributed by atoms with E-state index in [0.717, 1.165) is 16.9 Å². The Bertz CT molecular complexity index is 645. The van der Waals surface area contributed by atoms with Crippen molar-refractivity contribution in [2.75, 3.05) is 12.4 Å². The molecule has 0 N–H and O–H groups in total. The first-order chi connectivity index (χ1) is 10.8. The summed E-state index contributed by atoms with van der Waals surface area (Å²) in [5, 5.41) is 0.0631. The second kappa shape index (κ2) is 6.88. The van der Waals surface area contributed by atoms with E-state index in [4.69, 9.17) is 4.74 Å². The molecule has 1 heterocycles. The molecule has 3 nitrogen and oxygen atoms in total. The summed E-state index contributed by atoms with van der Waals surface area (Å²) in [6, 6.07) is 18.2. The van der Waals surface area contributed by atoms with Crippen molar-refractivity contribution in [3.8, 4) is 5.75 Å². The maximum absolute atomic E-state index is 12.2. The van der Waals surface area contributed by atoms with Crippen molar-refractivity contribution in [2.24, 2.45) is 0 Å². The first-order valence-corrected chi connectivity index (χ1v) is 8.50. The van der Waals surface area contributed by atoms with E-state index in [1.54, 1.807) is 11.8 Å². The van der Waals surface area contributed by atoms with Crippen LogP contribution in [0, 0.1) is 0 Å². The Kier molecular flexibility index (Phi) is 4.68. The van der Waals surface area contributed by atoms with Gasteiger partial charge in [-0.05, 0) is 30.2 Å². The van der Waals surface area contributed by atoms with Crippen LogP contribution in [0.4, 0.5) is 0 Å². The van der Waals surface area contributed by atoms with Gasteiger partial charge >= 0.3 is 0 Å². The lowest BCUT2D eigenvalue weighted by atomic mass is 10.1. The summed E-state index contributed by atoms with van der Waals surface area (Å²) < 4.78 is 5.57. The number of hydrogen-bond acceptors (Lipinski definition) is 3. The smallest absolute Gasteiger partial charge is 0.234 e. The van der Waals surface area contributed by atoms with E-state index < -0.39 is 0 Å². The third-order valence-electron chi connectivity index (χ3n) is 3.62. The third-order valence-corrected chi connectivity index (χ3v) is 4.87. The minimum atomic E-state index is 0.0631. The molecule has 1 amide bonds. The second-order valence-electron chi connectivity index (χ2n) is 5.18. The third kappa shape index (κ3) is 3.28. The van der Waals surface area contributed by atoms with Crippen molar-refractivity contribution in [3.63, 3.8) is 0 Å². The zero-order valence-corrected chi connectivity index (χ0v) is 13.4. The summed E-state index contributed by atoms with van der Waals surface area (Å²) in [6.07, 6.45) is 0. The molecule has 0 bridgehead atoms. The summed E-state index contributed by atoms with van der Waals surface area (Å²) in [7, 11) is 0. The molecule has 1 saturated heterocycles. The molecule has 114 valence electrons. The molecular formula is C18H19NO2S. The molecule has 1 aliphatic rings. The Morgan fingerprint density at radius 3 is 2.77 bits per heavy atom. The fourth-order valence-electron chi connectivity index (χ4n) is 2.61. The van der Waals surface area contributed by atoms with E-state index >= 15 is 0 Å². The van der Waals surface area contributed by atoms with Crippen LogP contribution in [0.2, 0.25) is 0 Å². The fraction of sp³-hybridized carbons (Fsp3) is 0.278. The van der Waals surface area contributed by atoms with Crippen LogP contribution < -0.4 is 4.74 Å². The SMILES string of the molecule is CCOc1cccc(C2SCC(=O)N2Cc2ccccc2)c1. The van der Waals surface area contributed by atoms with Gasteiger partial charge in [0.2, 0.25) is 5.91 Å². The molecule has 1 fully saturated rings. The quantitative estimate of drug-likeness (QED) is 0.839. The molecule has 1 unspecified atom stereocenters. The largest absolute Gasteiger partial charge is 0.494 e. The molecule has 0 aromatic heterocycles. The molecule has 22 heavy (non-hydrogen) atoms. The Morgan fingerprint density at radius 2 is 2.00 bits per heavy atom. The van der Waals surface area contributed by atoms with Gasteiger partial charge in [-0.25, -0.2) is 0 Å².